The van der Waals surface area contributed by atoms with Crippen LogP contribution in [-0.4, -0.2) is 10.2 Å². The van der Waals surface area contributed by atoms with Crippen molar-refractivity contribution in [1.82, 2.24) is 4.98 Å². The summed E-state index contributed by atoms with van der Waals surface area (Å²) < 4.78 is 0.438. The topological polar surface area (TPSA) is 30.0 Å². The highest BCUT2D eigenvalue weighted by molar-refractivity contribution is 7.14. The van der Waals surface area contributed by atoms with E-state index in [9.17, 15) is 4.79 Å². The van der Waals surface area contributed by atoms with Gasteiger partial charge in [-0.2, -0.15) is 0 Å². The van der Waals surface area contributed by atoms with Crippen molar-refractivity contribution in [2.75, 3.05) is 0 Å². The second-order valence-corrected chi connectivity index (χ2v) is 3.49. The normalized spacial score (nSPS) is 9.80. The lowest BCUT2D eigenvalue weighted by Crippen LogP contribution is -1.92. The van der Waals surface area contributed by atoms with Crippen LogP contribution in [0.1, 0.15) is 5.69 Å². The fourth-order valence-electron chi connectivity index (χ4n) is 0.506. The van der Waals surface area contributed by atoms with Gasteiger partial charge < -0.3 is 0 Å². The smallest absolute Gasteiger partial charge is 0.227 e. The Labute approximate surface area is 71.8 Å². The Bertz CT molecular complexity index is 248. The highest BCUT2D eigenvalue weighted by Crippen LogP contribution is 2.15. The molecule has 2 nitrogen and oxygen atoms in total. The minimum Gasteiger partial charge on any atom is -0.281 e. The number of carbonyl (C=O) groups is 1. The van der Waals surface area contributed by atoms with Gasteiger partial charge >= 0.3 is 0 Å². The average Bonchev–Trinajstić information content (AvgIpc) is 2.13. The van der Waals surface area contributed by atoms with Crippen LogP contribution < -0.4 is 0 Å². The molecule has 10 heavy (non-hydrogen) atoms. The molecular formula is C5H3Cl2NOS. The standard InChI is InChI=1S/C5H3Cl2NOS/c6-4(9)1-3-2-10-5(7)8-3/h2H,1H2. The molecule has 0 aliphatic heterocycles. The van der Waals surface area contributed by atoms with Gasteiger partial charge in [0.05, 0.1) is 12.1 Å². The molecule has 0 N–H and O–H groups in total. The molecule has 54 valence electrons. The summed E-state index contributed by atoms with van der Waals surface area (Å²) in [4.78, 5) is 14.1. The van der Waals surface area contributed by atoms with Gasteiger partial charge in [0.25, 0.3) is 0 Å². The van der Waals surface area contributed by atoms with Gasteiger partial charge in [-0.1, -0.05) is 11.6 Å². The molecule has 0 unspecified atom stereocenters. The molecule has 1 heterocycles. The van der Waals surface area contributed by atoms with Crippen molar-refractivity contribution >= 4 is 39.8 Å². The number of carbonyl (C=O) groups excluding carboxylic acids is 1. The first-order valence-electron chi connectivity index (χ1n) is 2.46. The summed E-state index contributed by atoms with van der Waals surface area (Å²) in [6.07, 6.45) is 0.158. The van der Waals surface area contributed by atoms with E-state index in [1.165, 1.54) is 11.3 Å². The summed E-state index contributed by atoms with van der Waals surface area (Å²) >= 11 is 11.9. The molecule has 5 heteroatoms. The molecule has 0 spiro atoms. The number of hydrogen-bond acceptors (Lipinski definition) is 3. The second kappa shape index (κ2) is 3.32. The number of aromatic nitrogens is 1. The molecule has 1 rings (SSSR count). The maximum Gasteiger partial charge on any atom is 0.227 e. The zero-order valence-corrected chi connectivity index (χ0v) is 7.13. The Hall–Kier alpha value is -0.120. The van der Waals surface area contributed by atoms with Gasteiger partial charge in [0.1, 0.15) is 0 Å². The van der Waals surface area contributed by atoms with Crippen LogP contribution in [0, 0.1) is 0 Å². The Morgan fingerprint density at radius 1 is 1.80 bits per heavy atom. The Balaban J connectivity index is 2.67. The van der Waals surface area contributed by atoms with Crippen molar-refractivity contribution in [3.63, 3.8) is 0 Å². The lowest BCUT2D eigenvalue weighted by molar-refractivity contribution is -0.111. The maximum atomic E-state index is 10.3. The predicted molar refractivity (Wildman–Crippen MR) is 41.7 cm³/mol. The summed E-state index contributed by atoms with van der Waals surface area (Å²) in [6.45, 7) is 0. The molecule has 0 fully saturated rings. The van der Waals surface area contributed by atoms with E-state index in [4.69, 9.17) is 23.2 Å². The van der Waals surface area contributed by atoms with Crippen LogP contribution in [0.25, 0.3) is 0 Å². The lowest BCUT2D eigenvalue weighted by Gasteiger charge is -1.83. The molecule has 0 radical (unpaired) electrons. The number of hydrogen-bond donors (Lipinski definition) is 0. The van der Waals surface area contributed by atoms with Gasteiger partial charge in [-0.15, -0.1) is 11.3 Å². The summed E-state index contributed by atoms with van der Waals surface area (Å²) in [6, 6.07) is 0. The average molecular weight is 196 g/mol. The highest BCUT2D eigenvalue weighted by atomic mass is 35.5. The first-order chi connectivity index (χ1) is 4.68. The third kappa shape index (κ3) is 2.25. The van der Waals surface area contributed by atoms with Crippen LogP contribution >= 0.6 is 34.5 Å². The highest BCUT2D eigenvalue weighted by Gasteiger charge is 2.02. The van der Waals surface area contributed by atoms with Crippen molar-refractivity contribution < 1.29 is 4.79 Å². The van der Waals surface area contributed by atoms with E-state index in [-0.39, 0.29) is 6.42 Å². The number of thiazole rings is 1. The van der Waals surface area contributed by atoms with Crippen molar-refractivity contribution in [3.8, 4) is 0 Å². The van der Waals surface area contributed by atoms with E-state index >= 15 is 0 Å². The van der Waals surface area contributed by atoms with Crippen LogP contribution in [0.4, 0.5) is 0 Å². The third-order valence-corrected chi connectivity index (χ3v) is 2.00. The van der Waals surface area contributed by atoms with E-state index in [1.54, 1.807) is 5.38 Å². The van der Waals surface area contributed by atoms with Crippen molar-refractivity contribution in [1.29, 1.82) is 0 Å². The summed E-state index contributed by atoms with van der Waals surface area (Å²) in [5, 5.41) is 1.30. The van der Waals surface area contributed by atoms with Gasteiger partial charge in [0.2, 0.25) is 5.24 Å². The number of nitrogens with zero attached hydrogens (tertiary/aromatic N) is 1. The largest absolute Gasteiger partial charge is 0.281 e. The van der Waals surface area contributed by atoms with Gasteiger partial charge in [0, 0.05) is 5.38 Å². The molecular weight excluding hydrogens is 193 g/mol. The molecule has 0 bridgehead atoms. The zero-order valence-electron chi connectivity index (χ0n) is 4.80. The van der Waals surface area contributed by atoms with E-state index in [0.717, 1.165) is 0 Å². The van der Waals surface area contributed by atoms with E-state index in [2.05, 4.69) is 4.98 Å². The quantitative estimate of drug-likeness (QED) is 0.678. The Morgan fingerprint density at radius 2 is 2.50 bits per heavy atom. The van der Waals surface area contributed by atoms with Gasteiger partial charge in [0.15, 0.2) is 4.47 Å². The lowest BCUT2D eigenvalue weighted by atomic mass is 10.4. The van der Waals surface area contributed by atoms with Crippen molar-refractivity contribution in [2.24, 2.45) is 0 Å². The maximum absolute atomic E-state index is 10.3. The fraction of sp³-hybridized carbons (Fsp3) is 0.200. The van der Waals surface area contributed by atoms with Gasteiger partial charge in [-0.05, 0) is 11.6 Å². The summed E-state index contributed by atoms with van der Waals surface area (Å²) in [5.41, 5.74) is 0.634. The van der Waals surface area contributed by atoms with Crippen LogP contribution in [0.2, 0.25) is 4.47 Å². The zero-order chi connectivity index (χ0) is 7.56. The first kappa shape index (κ1) is 7.98. The minimum atomic E-state index is -0.415. The molecule has 0 atom stereocenters. The van der Waals surface area contributed by atoms with E-state index in [1.807, 2.05) is 0 Å². The SMILES string of the molecule is O=C(Cl)Cc1csc(Cl)n1. The summed E-state index contributed by atoms with van der Waals surface area (Å²) in [5.74, 6) is 0. The first-order valence-corrected chi connectivity index (χ1v) is 4.10. The number of rotatable bonds is 2. The molecule has 0 saturated carbocycles. The Kier molecular flexibility index (Phi) is 2.65. The third-order valence-electron chi connectivity index (χ3n) is 0.844. The molecule has 0 aliphatic rings. The van der Waals surface area contributed by atoms with Crippen molar-refractivity contribution in [2.45, 2.75) is 6.42 Å². The van der Waals surface area contributed by atoms with E-state index < -0.39 is 5.24 Å². The van der Waals surface area contributed by atoms with Gasteiger partial charge in [-0.25, -0.2) is 4.98 Å². The number of halogens is 2. The Morgan fingerprint density at radius 3 is 2.90 bits per heavy atom. The molecule has 0 amide bonds. The van der Waals surface area contributed by atoms with Crippen LogP contribution in [0.5, 0.6) is 0 Å². The monoisotopic (exact) mass is 195 g/mol. The van der Waals surface area contributed by atoms with E-state index in [0.29, 0.717) is 10.2 Å². The molecule has 0 aliphatic carbocycles. The fourth-order valence-corrected chi connectivity index (χ4v) is 1.42. The predicted octanol–water partition coefficient (Wildman–Crippen LogP) is 2.10. The molecule has 1 aromatic rings. The minimum absolute atomic E-state index is 0.158. The van der Waals surface area contributed by atoms with Crippen LogP contribution in [0.15, 0.2) is 5.38 Å². The van der Waals surface area contributed by atoms with Gasteiger partial charge in [-0.3, -0.25) is 4.79 Å². The second-order valence-electron chi connectivity index (χ2n) is 1.62. The molecule has 0 saturated heterocycles. The van der Waals surface area contributed by atoms with Crippen LogP contribution in [-0.2, 0) is 11.2 Å². The summed E-state index contributed by atoms with van der Waals surface area (Å²) in [7, 11) is 0. The van der Waals surface area contributed by atoms with Crippen LogP contribution in [0.3, 0.4) is 0 Å². The molecule has 0 aromatic carbocycles. The molecule has 1 aromatic heterocycles. The van der Waals surface area contributed by atoms with Crippen molar-refractivity contribution in [3.05, 3.63) is 15.5 Å².